The lowest BCUT2D eigenvalue weighted by atomic mass is 10.1. The van der Waals surface area contributed by atoms with Crippen LogP contribution in [0.5, 0.6) is 0 Å². The van der Waals surface area contributed by atoms with Gasteiger partial charge in [0.25, 0.3) is 5.52 Å². The van der Waals surface area contributed by atoms with Crippen LogP contribution in [0.15, 0.2) is 47.0 Å². The summed E-state index contributed by atoms with van der Waals surface area (Å²) in [6, 6.07) is 8.06. The average Bonchev–Trinajstić information content (AvgIpc) is 2.98. The molecule has 2 heterocycles. The maximum atomic E-state index is 11.6. The molecule has 1 aliphatic rings. The fourth-order valence-electron chi connectivity index (χ4n) is 3.07. The Balaban J connectivity index is 1.62. The van der Waals surface area contributed by atoms with Gasteiger partial charge in [0.1, 0.15) is 12.6 Å². The van der Waals surface area contributed by atoms with Gasteiger partial charge in [-0.2, -0.15) is 4.57 Å². The largest absolute Gasteiger partial charge is 0.459 e. The Hall–Kier alpha value is -2.56. The van der Waals surface area contributed by atoms with Crippen LogP contribution >= 0.6 is 0 Å². The smallest absolute Gasteiger partial charge is 0.375 e. The maximum Gasteiger partial charge on any atom is 0.375 e. The molecule has 0 unspecified atom stereocenters. The summed E-state index contributed by atoms with van der Waals surface area (Å²) in [6.07, 6.45) is 5.74. The number of aryl methyl sites for hydroxylation is 1. The van der Waals surface area contributed by atoms with Crippen LogP contribution in [0.4, 0.5) is 0 Å². The molecule has 0 aliphatic carbocycles. The van der Waals surface area contributed by atoms with Crippen molar-refractivity contribution in [2.45, 2.75) is 39.3 Å². The van der Waals surface area contributed by atoms with Crippen LogP contribution < -0.4 is 4.57 Å². The number of hydrogen-bond acceptors (Lipinski definition) is 4. The van der Waals surface area contributed by atoms with Crippen LogP contribution in [-0.2, 0) is 16.1 Å². The lowest BCUT2D eigenvalue weighted by Crippen LogP contribution is -2.36. The second-order valence-electron chi connectivity index (χ2n) is 6.39. The highest BCUT2D eigenvalue weighted by atomic mass is 16.5. The summed E-state index contributed by atoms with van der Waals surface area (Å²) in [5.41, 5.74) is 2.46. The number of benzene rings is 1. The number of likely N-dealkylation sites (tertiary alicyclic amines) is 1. The standard InChI is InChI=1S/C20H25N2O3/c1-4-22-17-7-5-6-8-18(17)25-19(22)11-14-21-12-9-16(10-13-21)24-20(23)15(2)3/h5-8,11,14,16H,2,4,9-10,12-13H2,1,3H3/q+1. The zero-order chi connectivity index (χ0) is 17.8. The SMILES string of the molecule is C=C(C)C(=O)OC1CCN(C=Cc2oc3ccccc3[n+]2CC)CC1. The van der Waals surface area contributed by atoms with E-state index >= 15 is 0 Å². The van der Waals surface area contributed by atoms with Gasteiger partial charge in [-0.25, -0.2) is 4.79 Å². The maximum absolute atomic E-state index is 11.6. The molecule has 0 bridgehead atoms. The molecular weight excluding hydrogens is 316 g/mol. The number of hydrogen-bond donors (Lipinski definition) is 0. The number of carbonyl (C=O) groups excluding carboxylic acids is 1. The molecule has 1 fully saturated rings. The van der Waals surface area contributed by atoms with Crippen LogP contribution in [0, 0.1) is 0 Å². The van der Waals surface area contributed by atoms with E-state index in [0.717, 1.165) is 49.5 Å². The highest BCUT2D eigenvalue weighted by Gasteiger charge is 2.22. The van der Waals surface area contributed by atoms with Gasteiger partial charge in [0.2, 0.25) is 5.58 Å². The minimum atomic E-state index is -0.291. The number of ether oxygens (including phenoxy) is 1. The third-order valence-electron chi connectivity index (χ3n) is 4.48. The second kappa shape index (κ2) is 7.55. The number of rotatable bonds is 5. The first-order valence-corrected chi connectivity index (χ1v) is 8.78. The van der Waals surface area contributed by atoms with Gasteiger partial charge in [0, 0.05) is 43.8 Å². The molecule has 1 aliphatic heterocycles. The number of oxazole rings is 1. The van der Waals surface area contributed by atoms with Gasteiger partial charge in [-0.05, 0) is 19.9 Å². The molecule has 3 rings (SSSR count). The van der Waals surface area contributed by atoms with Gasteiger partial charge in [-0.15, -0.1) is 0 Å². The molecule has 0 saturated carbocycles. The van der Waals surface area contributed by atoms with Crippen LogP contribution in [-0.4, -0.2) is 30.1 Å². The van der Waals surface area contributed by atoms with Gasteiger partial charge < -0.3 is 14.1 Å². The fourth-order valence-corrected chi connectivity index (χ4v) is 3.07. The zero-order valence-corrected chi connectivity index (χ0v) is 14.9. The molecule has 5 nitrogen and oxygen atoms in total. The number of para-hydroxylation sites is 2. The molecule has 1 saturated heterocycles. The molecule has 0 N–H and O–H groups in total. The molecule has 1 aromatic heterocycles. The van der Waals surface area contributed by atoms with Gasteiger partial charge >= 0.3 is 11.9 Å². The molecular formula is C20H25N2O3+. The Bertz CT molecular complexity index is 798. The summed E-state index contributed by atoms with van der Waals surface area (Å²) in [7, 11) is 0. The van der Waals surface area contributed by atoms with E-state index in [9.17, 15) is 4.79 Å². The van der Waals surface area contributed by atoms with Gasteiger partial charge in [-0.3, -0.25) is 0 Å². The van der Waals surface area contributed by atoms with Crippen molar-refractivity contribution < 1.29 is 18.5 Å². The van der Waals surface area contributed by atoms with Crippen LogP contribution in [0.3, 0.4) is 0 Å². The number of esters is 1. The first-order valence-electron chi connectivity index (χ1n) is 8.78. The summed E-state index contributed by atoms with van der Waals surface area (Å²) in [6.45, 7) is 9.99. The minimum absolute atomic E-state index is 0.0133. The molecule has 5 heteroatoms. The van der Waals surface area contributed by atoms with E-state index in [0.29, 0.717) is 5.57 Å². The molecule has 0 radical (unpaired) electrons. The van der Waals surface area contributed by atoms with E-state index in [1.807, 2.05) is 24.3 Å². The summed E-state index contributed by atoms with van der Waals surface area (Å²) in [5, 5.41) is 0. The lowest BCUT2D eigenvalue weighted by Gasteiger charge is -2.30. The molecule has 25 heavy (non-hydrogen) atoms. The van der Waals surface area contributed by atoms with Crippen molar-refractivity contribution in [1.82, 2.24) is 4.90 Å². The monoisotopic (exact) mass is 341 g/mol. The van der Waals surface area contributed by atoms with E-state index in [4.69, 9.17) is 9.15 Å². The Morgan fingerprint density at radius 3 is 2.80 bits per heavy atom. The summed E-state index contributed by atoms with van der Waals surface area (Å²) < 4.78 is 13.5. The number of carbonyl (C=O) groups is 1. The Morgan fingerprint density at radius 2 is 2.12 bits per heavy atom. The predicted molar refractivity (Wildman–Crippen MR) is 96.6 cm³/mol. The van der Waals surface area contributed by atoms with Crippen LogP contribution in [0.2, 0.25) is 0 Å². The van der Waals surface area contributed by atoms with Gasteiger partial charge in [-0.1, -0.05) is 18.7 Å². The van der Waals surface area contributed by atoms with Crippen molar-refractivity contribution in [3.05, 3.63) is 48.5 Å². The highest BCUT2D eigenvalue weighted by Crippen LogP contribution is 2.17. The van der Waals surface area contributed by atoms with Crippen LogP contribution in [0.25, 0.3) is 17.2 Å². The molecule has 0 amide bonds. The molecule has 0 atom stereocenters. The van der Waals surface area contributed by atoms with Gasteiger partial charge in [0.05, 0.1) is 6.08 Å². The van der Waals surface area contributed by atoms with E-state index < -0.39 is 0 Å². The lowest BCUT2D eigenvalue weighted by molar-refractivity contribution is -0.674. The quantitative estimate of drug-likeness (QED) is 0.476. The second-order valence-corrected chi connectivity index (χ2v) is 6.39. The van der Waals surface area contributed by atoms with Crippen molar-refractivity contribution in [2.75, 3.05) is 13.1 Å². The Morgan fingerprint density at radius 1 is 1.40 bits per heavy atom. The van der Waals surface area contributed by atoms with Crippen LogP contribution in [0.1, 0.15) is 32.6 Å². The topological polar surface area (TPSA) is 46.6 Å². The first kappa shape index (κ1) is 17.3. The number of piperidine rings is 1. The molecule has 132 valence electrons. The third kappa shape index (κ3) is 3.92. The summed E-state index contributed by atoms with van der Waals surface area (Å²) in [4.78, 5) is 13.8. The normalized spacial score (nSPS) is 15.8. The zero-order valence-electron chi connectivity index (χ0n) is 14.9. The average molecular weight is 341 g/mol. The summed E-state index contributed by atoms with van der Waals surface area (Å²) >= 11 is 0. The Kier molecular flexibility index (Phi) is 5.22. The minimum Gasteiger partial charge on any atom is -0.459 e. The molecule has 2 aromatic rings. The Labute approximate surface area is 148 Å². The number of aromatic nitrogens is 1. The van der Waals surface area contributed by atoms with E-state index in [1.165, 1.54) is 0 Å². The van der Waals surface area contributed by atoms with Crippen molar-refractivity contribution in [3.8, 4) is 0 Å². The van der Waals surface area contributed by atoms with Crippen molar-refractivity contribution in [3.63, 3.8) is 0 Å². The highest BCUT2D eigenvalue weighted by molar-refractivity contribution is 5.87. The predicted octanol–water partition coefficient (Wildman–Crippen LogP) is 3.29. The first-order chi connectivity index (χ1) is 12.1. The molecule has 1 aromatic carbocycles. The number of fused-ring (bicyclic) bond motifs is 1. The summed E-state index contributed by atoms with van der Waals surface area (Å²) in [5.74, 6) is 0.555. The van der Waals surface area contributed by atoms with Crippen molar-refractivity contribution in [2.24, 2.45) is 0 Å². The molecule has 0 spiro atoms. The third-order valence-corrected chi connectivity index (χ3v) is 4.48. The number of nitrogens with zero attached hydrogens (tertiary/aromatic N) is 2. The fraction of sp³-hybridized carbons (Fsp3) is 0.400. The van der Waals surface area contributed by atoms with Gasteiger partial charge in [0.15, 0.2) is 0 Å². The van der Waals surface area contributed by atoms with E-state index in [-0.39, 0.29) is 12.1 Å². The van der Waals surface area contributed by atoms with E-state index in [2.05, 4.69) is 35.2 Å². The van der Waals surface area contributed by atoms with Crippen molar-refractivity contribution in [1.29, 1.82) is 0 Å². The van der Waals surface area contributed by atoms with E-state index in [1.54, 1.807) is 6.92 Å². The van der Waals surface area contributed by atoms with Crippen molar-refractivity contribution >= 4 is 23.1 Å².